The fourth-order valence-electron chi connectivity index (χ4n) is 2.33. The lowest BCUT2D eigenvalue weighted by atomic mass is 10.0. The summed E-state index contributed by atoms with van der Waals surface area (Å²) in [7, 11) is 1.54. The number of hydrogen-bond donors (Lipinski definition) is 1. The molecule has 0 aliphatic carbocycles. The number of ether oxygens (including phenoxy) is 1. The van der Waals surface area contributed by atoms with Crippen molar-refractivity contribution in [1.29, 1.82) is 0 Å². The lowest BCUT2D eigenvalue weighted by Crippen LogP contribution is -2.39. The van der Waals surface area contributed by atoms with Gasteiger partial charge in [-0.05, 0) is 44.9 Å². The number of amides is 2. The van der Waals surface area contributed by atoms with Crippen molar-refractivity contribution >= 4 is 29.2 Å². The molecule has 1 aliphatic heterocycles. The van der Waals surface area contributed by atoms with Gasteiger partial charge in [0.2, 0.25) is 0 Å². The third-order valence-electron chi connectivity index (χ3n) is 3.52. The molecule has 0 saturated carbocycles. The summed E-state index contributed by atoms with van der Waals surface area (Å²) in [4.78, 5) is 29.4. The van der Waals surface area contributed by atoms with Gasteiger partial charge in [-0.3, -0.25) is 4.79 Å². The van der Waals surface area contributed by atoms with E-state index in [0.29, 0.717) is 19.5 Å². The maximum absolute atomic E-state index is 12.1. The lowest BCUT2D eigenvalue weighted by molar-refractivity contribution is 0.0270. The minimum Gasteiger partial charge on any atom is -0.444 e. The van der Waals surface area contributed by atoms with Crippen LogP contribution < -0.4 is 5.32 Å². The van der Waals surface area contributed by atoms with Gasteiger partial charge in [0.15, 0.2) is 0 Å². The maximum atomic E-state index is 12.1. The average Bonchev–Trinajstić information content (AvgIpc) is 2.52. The van der Waals surface area contributed by atoms with E-state index in [1.807, 2.05) is 26.8 Å². The molecule has 0 aromatic carbocycles. The van der Waals surface area contributed by atoms with E-state index in [9.17, 15) is 9.59 Å². The second-order valence-electron chi connectivity index (χ2n) is 6.52. The van der Waals surface area contributed by atoms with Crippen molar-refractivity contribution in [3.8, 4) is 0 Å². The molecule has 0 fully saturated rings. The molecule has 1 aromatic rings. The van der Waals surface area contributed by atoms with Gasteiger partial charge in [0.05, 0.1) is 0 Å². The van der Waals surface area contributed by atoms with Gasteiger partial charge in [-0.25, -0.2) is 9.78 Å². The highest BCUT2D eigenvalue weighted by Crippen LogP contribution is 2.28. The van der Waals surface area contributed by atoms with Crippen LogP contribution in [-0.2, 0) is 4.74 Å². The van der Waals surface area contributed by atoms with E-state index in [1.54, 1.807) is 24.1 Å². The number of nitrogens with one attached hydrogen (secondary N) is 1. The molecule has 0 bridgehead atoms. The van der Waals surface area contributed by atoms with E-state index in [4.69, 9.17) is 16.3 Å². The molecule has 24 heavy (non-hydrogen) atoms. The molecule has 1 aliphatic rings. The first kappa shape index (κ1) is 18.3. The van der Waals surface area contributed by atoms with Gasteiger partial charge in [0.25, 0.3) is 5.91 Å². The molecule has 1 aromatic heterocycles. The van der Waals surface area contributed by atoms with Gasteiger partial charge < -0.3 is 15.0 Å². The summed E-state index contributed by atoms with van der Waals surface area (Å²) in [6.45, 7) is 6.53. The smallest absolute Gasteiger partial charge is 0.410 e. The highest BCUT2D eigenvalue weighted by Gasteiger charge is 2.24. The van der Waals surface area contributed by atoms with Crippen LogP contribution in [0.4, 0.5) is 4.79 Å². The number of hydrogen-bond acceptors (Lipinski definition) is 4. The predicted molar refractivity (Wildman–Crippen MR) is 93.0 cm³/mol. The zero-order valence-electron chi connectivity index (χ0n) is 14.4. The first-order valence-corrected chi connectivity index (χ1v) is 8.15. The van der Waals surface area contributed by atoms with Crippen molar-refractivity contribution in [3.63, 3.8) is 0 Å². The van der Waals surface area contributed by atoms with Crippen LogP contribution in [0.15, 0.2) is 18.2 Å². The van der Waals surface area contributed by atoms with Crippen molar-refractivity contribution in [2.75, 3.05) is 20.1 Å². The van der Waals surface area contributed by atoms with Gasteiger partial charge in [0, 0.05) is 25.7 Å². The zero-order valence-corrected chi connectivity index (χ0v) is 15.1. The fraction of sp³-hybridized carbons (Fsp3) is 0.471. The van der Waals surface area contributed by atoms with E-state index in [0.717, 1.165) is 11.1 Å². The van der Waals surface area contributed by atoms with Gasteiger partial charge in [-0.15, -0.1) is 0 Å². The van der Waals surface area contributed by atoms with Crippen LogP contribution in [0.3, 0.4) is 0 Å². The van der Waals surface area contributed by atoms with E-state index in [2.05, 4.69) is 10.3 Å². The summed E-state index contributed by atoms with van der Waals surface area (Å²) in [6, 6.07) is 3.43. The van der Waals surface area contributed by atoms with E-state index < -0.39 is 5.60 Å². The van der Waals surface area contributed by atoms with Gasteiger partial charge in [-0.1, -0.05) is 17.7 Å². The number of aromatic nitrogens is 1. The molecule has 130 valence electrons. The average molecular weight is 352 g/mol. The summed E-state index contributed by atoms with van der Waals surface area (Å²) in [5.41, 5.74) is 1.56. The molecule has 0 saturated heterocycles. The van der Waals surface area contributed by atoms with Crippen molar-refractivity contribution in [3.05, 3.63) is 34.6 Å². The molecule has 2 rings (SSSR count). The van der Waals surface area contributed by atoms with E-state index in [-0.39, 0.29) is 22.8 Å². The number of pyridine rings is 1. The van der Waals surface area contributed by atoms with E-state index >= 15 is 0 Å². The Morgan fingerprint density at radius 1 is 1.33 bits per heavy atom. The minimum absolute atomic E-state index is 0.276. The second-order valence-corrected chi connectivity index (χ2v) is 6.88. The van der Waals surface area contributed by atoms with Gasteiger partial charge in [-0.2, -0.15) is 0 Å². The van der Waals surface area contributed by atoms with Crippen LogP contribution in [-0.4, -0.2) is 47.6 Å². The number of nitrogens with zero attached hydrogens (tertiary/aromatic N) is 2. The summed E-state index contributed by atoms with van der Waals surface area (Å²) in [5.74, 6) is -0.280. The van der Waals surface area contributed by atoms with Crippen LogP contribution in [0.25, 0.3) is 5.57 Å². The Bertz CT molecular complexity index is 680. The lowest BCUT2D eigenvalue weighted by Gasteiger charge is -2.29. The molecule has 0 unspecified atom stereocenters. The quantitative estimate of drug-likeness (QED) is 0.831. The second kappa shape index (κ2) is 7.21. The van der Waals surface area contributed by atoms with Crippen LogP contribution in [0.1, 0.15) is 43.2 Å². The molecule has 2 heterocycles. The van der Waals surface area contributed by atoms with E-state index in [1.165, 1.54) is 0 Å². The van der Waals surface area contributed by atoms with Crippen molar-refractivity contribution < 1.29 is 14.3 Å². The van der Waals surface area contributed by atoms with Crippen LogP contribution >= 0.6 is 11.6 Å². The molecule has 1 N–H and O–H groups in total. The first-order valence-electron chi connectivity index (χ1n) is 7.77. The molecular formula is C17H22ClN3O3. The summed E-state index contributed by atoms with van der Waals surface area (Å²) in [5, 5.41) is 2.80. The molecular weight excluding hydrogens is 330 g/mol. The predicted octanol–water partition coefficient (Wildman–Crippen LogP) is 3.12. The standard InChI is InChI=1S/C17H22ClN3O3/c1-17(2,3)24-16(23)21-9-7-11(8-10-21)12-5-6-13(15(22)19-4)20-14(12)18/h5-7H,8-10H2,1-4H3,(H,19,22). The monoisotopic (exact) mass is 351 g/mol. The maximum Gasteiger partial charge on any atom is 0.410 e. The highest BCUT2D eigenvalue weighted by molar-refractivity contribution is 6.31. The Morgan fingerprint density at radius 3 is 2.54 bits per heavy atom. The van der Waals surface area contributed by atoms with Crippen molar-refractivity contribution in [1.82, 2.24) is 15.2 Å². The van der Waals surface area contributed by atoms with Crippen LogP contribution in [0, 0.1) is 0 Å². The number of halogens is 1. The van der Waals surface area contributed by atoms with Gasteiger partial charge >= 0.3 is 6.09 Å². The molecule has 7 heteroatoms. The molecule has 0 spiro atoms. The zero-order chi connectivity index (χ0) is 17.9. The third kappa shape index (κ3) is 4.47. The van der Waals surface area contributed by atoms with Crippen LogP contribution in [0.5, 0.6) is 0 Å². The molecule has 2 amide bonds. The first-order chi connectivity index (χ1) is 11.2. The Morgan fingerprint density at radius 2 is 2.04 bits per heavy atom. The fourth-order valence-corrected chi connectivity index (χ4v) is 2.61. The number of carbonyl (C=O) groups is 2. The largest absolute Gasteiger partial charge is 0.444 e. The minimum atomic E-state index is -0.510. The normalized spacial score (nSPS) is 14.9. The molecule has 0 atom stereocenters. The number of carbonyl (C=O) groups excluding carboxylic acids is 2. The Kier molecular flexibility index (Phi) is 5.49. The summed E-state index contributed by atoms with van der Waals surface area (Å²) < 4.78 is 5.37. The molecule has 0 radical (unpaired) electrons. The number of rotatable bonds is 2. The summed E-state index contributed by atoms with van der Waals surface area (Å²) in [6.07, 6.45) is 2.27. The van der Waals surface area contributed by atoms with Crippen molar-refractivity contribution in [2.45, 2.75) is 32.8 Å². The molecule has 6 nitrogen and oxygen atoms in total. The topological polar surface area (TPSA) is 71.5 Å². The Labute approximate surface area is 146 Å². The SMILES string of the molecule is CNC(=O)c1ccc(C2=CCN(C(=O)OC(C)(C)C)CC2)c(Cl)n1. The van der Waals surface area contributed by atoms with Crippen molar-refractivity contribution in [2.24, 2.45) is 0 Å². The highest BCUT2D eigenvalue weighted by atomic mass is 35.5. The Balaban J connectivity index is 2.10. The van der Waals surface area contributed by atoms with Crippen LogP contribution in [0.2, 0.25) is 5.15 Å². The summed E-state index contributed by atoms with van der Waals surface area (Å²) >= 11 is 6.21. The van der Waals surface area contributed by atoms with Gasteiger partial charge in [0.1, 0.15) is 16.4 Å². The Hall–Kier alpha value is -2.08. The third-order valence-corrected chi connectivity index (χ3v) is 3.80.